The minimum Gasteiger partial charge on any atom is -0.376 e. The maximum absolute atomic E-state index is 6.02. The SMILES string of the molecule is CCCNC(c1cncnc1)C1(OC)CCC(C)CC1. The van der Waals surface area contributed by atoms with E-state index in [1.165, 1.54) is 12.8 Å². The van der Waals surface area contributed by atoms with Crippen LogP contribution in [0.5, 0.6) is 0 Å². The van der Waals surface area contributed by atoms with Crippen molar-refractivity contribution in [1.82, 2.24) is 15.3 Å². The molecule has 1 aromatic rings. The largest absolute Gasteiger partial charge is 0.376 e. The fourth-order valence-electron chi connectivity index (χ4n) is 3.22. The van der Waals surface area contributed by atoms with Gasteiger partial charge in [-0.15, -0.1) is 0 Å². The second kappa shape index (κ2) is 7.14. The summed E-state index contributed by atoms with van der Waals surface area (Å²) in [5.41, 5.74) is 1.02. The van der Waals surface area contributed by atoms with Crippen LogP contribution in [0.1, 0.15) is 57.6 Å². The number of methoxy groups -OCH3 is 1. The molecule has 1 atom stereocenters. The zero-order chi connectivity index (χ0) is 14.4. The van der Waals surface area contributed by atoms with Gasteiger partial charge in [-0.05, 0) is 44.6 Å². The lowest BCUT2D eigenvalue weighted by Crippen LogP contribution is -2.48. The summed E-state index contributed by atoms with van der Waals surface area (Å²) in [6.07, 6.45) is 11.2. The molecule has 0 amide bonds. The Bertz CT molecular complexity index is 388. The second-order valence-corrected chi connectivity index (χ2v) is 6.01. The van der Waals surface area contributed by atoms with Crippen molar-refractivity contribution < 1.29 is 4.74 Å². The van der Waals surface area contributed by atoms with Crippen LogP contribution in [0.4, 0.5) is 0 Å². The summed E-state index contributed by atoms with van der Waals surface area (Å²) in [6.45, 7) is 5.51. The van der Waals surface area contributed by atoms with Crippen molar-refractivity contribution in [1.29, 1.82) is 0 Å². The third kappa shape index (κ3) is 3.36. The molecule has 0 saturated heterocycles. The Kier molecular flexibility index (Phi) is 5.49. The molecule has 1 aromatic heterocycles. The average molecular weight is 277 g/mol. The van der Waals surface area contributed by atoms with Crippen molar-refractivity contribution in [3.63, 3.8) is 0 Å². The highest BCUT2D eigenvalue weighted by Crippen LogP contribution is 2.42. The summed E-state index contributed by atoms with van der Waals surface area (Å²) in [6, 6.07) is 0.182. The van der Waals surface area contributed by atoms with Gasteiger partial charge in [-0.2, -0.15) is 0 Å². The van der Waals surface area contributed by atoms with Gasteiger partial charge in [-0.25, -0.2) is 9.97 Å². The molecule has 1 aliphatic rings. The van der Waals surface area contributed by atoms with Crippen LogP contribution in [-0.2, 0) is 4.74 Å². The highest BCUT2D eigenvalue weighted by atomic mass is 16.5. The molecule has 2 rings (SSSR count). The Hall–Kier alpha value is -1.00. The van der Waals surface area contributed by atoms with Crippen LogP contribution < -0.4 is 5.32 Å². The molecule has 1 heterocycles. The summed E-state index contributed by atoms with van der Waals surface area (Å²) >= 11 is 0. The summed E-state index contributed by atoms with van der Waals surface area (Å²) in [5, 5.41) is 3.66. The first-order chi connectivity index (χ1) is 9.72. The van der Waals surface area contributed by atoms with E-state index >= 15 is 0 Å². The summed E-state index contributed by atoms with van der Waals surface area (Å²) in [5.74, 6) is 0.803. The van der Waals surface area contributed by atoms with E-state index in [1.54, 1.807) is 6.33 Å². The number of hydrogen-bond donors (Lipinski definition) is 1. The first kappa shape index (κ1) is 15.4. The van der Waals surface area contributed by atoms with Gasteiger partial charge in [-0.1, -0.05) is 13.8 Å². The molecule has 0 aliphatic heterocycles. The Balaban J connectivity index is 2.24. The fraction of sp³-hybridized carbons (Fsp3) is 0.750. The molecule has 112 valence electrons. The van der Waals surface area contributed by atoms with E-state index in [4.69, 9.17) is 4.74 Å². The van der Waals surface area contributed by atoms with E-state index in [0.717, 1.165) is 37.3 Å². The Morgan fingerprint density at radius 1 is 1.35 bits per heavy atom. The molecule has 20 heavy (non-hydrogen) atoms. The number of aromatic nitrogens is 2. The highest BCUT2D eigenvalue weighted by Gasteiger charge is 2.42. The summed E-state index contributed by atoms with van der Waals surface area (Å²) < 4.78 is 6.02. The van der Waals surface area contributed by atoms with Crippen LogP contribution in [0.2, 0.25) is 0 Å². The van der Waals surface area contributed by atoms with Crippen LogP contribution in [0, 0.1) is 5.92 Å². The van der Waals surface area contributed by atoms with Gasteiger partial charge in [0.15, 0.2) is 0 Å². The van der Waals surface area contributed by atoms with Crippen molar-refractivity contribution in [2.45, 2.75) is 57.6 Å². The third-order valence-corrected chi connectivity index (χ3v) is 4.57. The highest BCUT2D eigenvalue weighted by molar-refractivity contribution is 5.16. The lowest BCUT2D eigenvalue weighted by atomic mass is 9.73. The maximum Gasteiger partial charge on any atom is 0.115 e. The first-order valence-corrected chi connectivity index (χ1v) is 7.75. The number of hydrogen-bond acceptors (Lipinski definition) is 4. The van der Waals surface area contributed by atoms with E-state index in [1.807, 2.05) is 19.5 Å². The van der Waals surface area contributed by atoms with Gasteiger partial charge in [0, 0.05) is 25.1 Å². The number of rotatable bonds is 6. The predicted molar refractivity (Wildman–Crippen MR) is 80.4 cm³/mol. The first-order valence-electron chi connectivity index (χ1n) is 7.75. The smallest absolute Gasteiger partial charge is 0.115 e. The Labute approximate surface area is 122 Å². The van der Waals surface area contributed by atoms with Crippen molar-refractivity contribution in [2.75, 3.05) is 13.7 Å². The van der Waals surface area contributed by atoms with Crippen LogP contribution in [0.25, 0.3) is 0 Å². The molecule has 1 saturated carbocycles. The molecule has 0 bridgehead atoms. The Morgan fingerprint density at radius 3 is 2.55 bits per heavy atom. The van der Waals surface area contributed by atoms with Crippen molar-refractivity contribution in [3.8, 4) is 0 Å². The van der Waals surface area contributed by atoms with E-state index in [0.29, 0.717) is 0 Å². The van der Waals surface area contributed by atoms with Gasteiger partial charge in [-0.3, -0.25) is 0 Å². The van der Waals surface area contributed by atoms with Crippen LogP contribution in [0.3, 0.4) is 0 Å². The second-order valence-electron chi connectivity index (χ2n) is 6.01. The quantitative estimate of drug-likeness (QED) is 0.868. The van der Waals surface area contributed by atoms with E-state index < -0.39 is 0 Å². The standard InChI is InChI=1S/C16H27N3O/c1-4-9-19-15(14-10-17-12-18-11-14)16(20-3)7-5-13(2)6-8-16/h10-13,15,19H,4-9H2,1-3H3. The molecule has 4 heteroatoms. The number of nitrogens with one attached hydrogen (secondary N) is 1. The molecule has 1 unspecified atom stereocenters. The molecular weight excluding hydrogens is 250 g/mol. The van der Waals surface area contributed by atoms with Crippen molar-refractivity contribution in [3.05, 3.63) is 24.3 Å². The lowest BCUT2D eigenvalue weighted by molar-refractivity contribution is -0.0761. The molecule has 0 spiro atoms. The van der Waals surface area contributed by atoms with Gasteiger partial charge in [0.05, 0.1) is 11.6 Å². The van der Waals surface area contributed by atoms with Gasteiger partial charge < -0.3 is 10.1 Å². The summed E-state index contributed by atoms with van der Waals surface area (Å²) in [7, 11) is 1.85. The van der Waals surface area contributed by atoms with E-state index in [9.17, 15) is 0 Å². The minimum absolute atomic E-state index is 0.119. The fourth-order valence-corrected chi connectivity index (χ4v) is 3.22. The monoisotopic (exact) mass is 277 g/mol. The number of ether oxygens (including phenoxy) is 1. The summed E-state index contributed by atoms with van der Waals surface area (Å²) in [4.78, 5) is 8.36. The molecule has 4 nitrogen and oxygen atoms in total. The third-order valence-electron chi connectivity index (χ3n) is 4.57. The average Bonchev–Trinajstić information content (AvgIpc) is 2.51. The topological polar surface area (TPSA) is 47.0 Å². The zero-order valence-corrected chi connectivity index (χ0v) is 12.9. The molecule has 1 fully saturated rings. The lowest BCUT2D eigenvalue weighted by Gasteiger charge is -2.44. The van der Waals surface area contributed by atoms with E-state index in [2.05, 4.69) is 29.1 Å². The van der Waals surface area contributed by atoms with Crippen LogP contribution in [0.15, 0.2) is 18.7 Å². The minimum atomic E-state index is -0.119. The Morgan fingerprint density at radius 2 is 2.00 bits per heavy atom. The normalized spacial score (nSPS) is 28.2. The molecule has 1 aliphatic carbocycles. The molecular formula is C16H27N3O. The maximum atomic E-state index is 6.02. The van der Waals surface area contributed by atoms with Crippen molar-refractivity contribution >= 4 is 0 Å². The van der Waals surface area contributed by atoms with Gasteiger partial charge in [0.25, 0.3) is 0 Å². The van der Waals surface area contributed by atoms with Crippen LogP contribution >= 0.6 is 0 Å². The van der Waals surface area contributed by atoms with Crippen LogP contribution in [-0.4, -0.2) is 29.2 Å². The van der Waals surface area contributed by atoms with Crippen molar-refractivity contribution in [2.24, 2.45) is 5.92 Å². The van der Waals surface area contributed by atoms with Gasteiger partial charge in [0.2, 0.25) is 0 Å². The zero-order valence-electron chi connectivity index (χ0n) is 12.9. The predicted octanol–water partition coefficient (Wildman–Crippen LogP) is 3.11. The molecule has 1 N–H and O–H groups in total. The molecule has 0 aromatic carbocycles. The van der Waals surface area contributed by atoms with Gasteiger partial charge >= 0.3 is 0 Å². The van der Waals surface area contributed by atoms with Gasteiger partial charge in [0.1, 0.15) is 6.33 Å². The molecule has 0 radical (unpaired) electrons. The van der Waals surface area contributed by atoms with E-state index in [-0.39, 0.29) is 11.6 Å². The number of nitrogens with zero attached hydrogens (tertiary/aromatic N) is 2.